The van der Waals surface area contributed by atoms with Gasteiger partial charge in [0.2, 0.25) is 0 Å². The van der Waals surface area contributed by atoms with E-state index in [4.69, 9.17) is 4.74 Å². The van der Waals surface area contributed by atoms with Crippen LogP contribution in [0.4, 0.5) is 0 Å². The quantitative estimate of drug-likeness (QED) is 0.861. The molecular weight excluding hydrogens is 320 g/mol. The highest BCUT2D eigenvalue weighted by Crippen LogP contribution is 2.29. The molecule has 0 aliphatic heterocycles. The molecule has 1 fully saturated rings. The molecule has 0 atom stereocenters. The Hall–Kier alpha value is -2.70. The summed E-state index contributed by atoms with van der Waals surface area (Å²) in [5.41, 5.74) is 0.535. The van der Waals surface area contributed by atoms with Crippen molar-refractivity contribution in [2.24, 2.45) is 0 Å². The number of aryl methyl sites for hydroxylation is 1. The van der Waals surface area contributed by atoms with Crippen LogP contribution in [0.2, 0.25) is 0 Å². The van der Waals surface area contributed by atoms with Gasteiger partial charge in [-0.25, -0.2) is 4.79 Å². The number of amides is 1. The van der Waals surface area contributed by atoms with E-state index >= 15 is 0 Å². The predicted molar refractivity (Wildman–Crippen MR) is 91.4 cm³/mol. The third-order valence-corrected chi connectivity index (χ3v) is 4.62. The zero-order valence-corrected chi connectivity index (χ0v) is 14.5. The average Bonchev–Trinajstić information content (AvgIpc) is 3.04. The van der Waals surface area contributed by atoms with Gasteiger partial charge in [0.15, 0.2) is 5.69 Å². The molecule has 0 unspecified atom stereocenters. The summed E-state index contributed by atoms with van der Waals surface area (Å²) >= 11 is 0. The fourth-order valence-corrected chi connectivity index (χ4v) is 3.27. The van der Waals surface area contributed by atoms with Gasteiger partial charge in [-0.05, 0) is 31.9 Å². The second-order valence-corrected chi connectivity index (χ2v) is 6.35. The van der Waals surface area contributed by atoms with Crippen molar-refractivity contribution in [1.29, 1.82) is 0 Å². The third kappa shape index (κ3) is 3.40. The maximum absolute atomic E-state index is 12.8. The van der Waals surface area contributed by atoms with Crippen LogP contribution >= 0.6 is 0 Å². The molecule has 0 bridgehead atoms. The fourth-order valence-electron chi connectivity index (χ4n) is 3.27. The summed E-state index contributed by atoms with van der Waals surface area (Å²) in [6, 6.07) is 9.37. The summed E-state index contributed by atoms with van der Waals surface area (Å²) in [6.07, 6.45) is 3.97. The molecule has 1 aliphatic carbocycles. The van der Waals surface area contributed by atoms with Gasteiger partial charge in [-0.15, -0.1) is 5.10 Å². The largest absolute Gasteiger partial charge is 0.467 e. The van der Waals surface area contributed by atoms with Crippen molar-refractivity contribution < 1.29 is 14.3 Å². The molecule has 0 radical (unpaired) electrons. The van der Waals surface area contributed by atoms with E-state index < -0.39 is 17.4 Å². The van der Waals surface area contributed by atoms with E-state index in [1.54, 1.807) is 6.92 Å². The molecule has 25 heavy (non-hydrogen) atoms. The van der Waals surface area contributed by atoms with Crippen molar-refractivity contribution in [3.05, 3.63) is 41.7 Å². The summed E-state index contributed by atoms with van der Waals surface area (Å²) < 4.78 is 4.94. The molecule has 7 heteroatoms. The van der Waals surface area contributed by atoms with Gasteiger partial charge in [0.25, 0.3) is 5.91 Å². The van der Waals surface area contributed by atoms with Gasteiger partial charge in [-0.3, -0.25) is 4.79 Å². The number of aromatic nitrogens is 3. The lowest BCUT2D eigenvalue weighted by atomic mass is 9.81. The predicted octanol–water partition coefficient (Wildman–Crippen LogP) is 2.18. The Kier molecular flexibility index (Phi) is 4.83. The minimum Gasteiger partial charge on any atom is -0.467 e. The van der Waals surface area contributed by atoms with Gasteiger partial charge < -0.3 is 10.1 Å². The molecule has 1 aromatic carbocycles. The number of hydrogen-bond donors (Lipinski definition) is 1. The van der Waals surface area contributed by atoms with E-state index in [1.165, 1.54) is 11.9 Å². The smallest absolute Gasteiger partial charge is 0.331 e. The molecule has 1 saturated carbocycles. The van der Waals surface area contributed by atoms with Crippen LogP contribution in [0.5, 0.6) is 0 Å². The zero-order valence-electron chi connectivity index (χ0n) is 14.5. The van der Waals surface area contributed by atoms with Crippen LogP contribution in [0.15, 0.2) is 30.3 Å². The van der Waals surface area contributed by atoms with Gasteiger partial charge in [0.05, 0.1) is 18.5 Å². The van der Waals surface area contributed by atoms with E-state index in [0.717, 1.165) is 24.9 Å². The molecule has 1 heterocycles. The highest BCUT2D eigenvalue weighted by atomic mass is 16.5. The van der Waals surface area contributed by atoms with Gasteiger partial charge in [0, 0.05) is 0 Å². The molecule has 1 aromatic heterocycles. The van der Waals surface area contributed by atoms with Crippen LogP contribution in [0, 0.1) is 6.92 Å². The van der Waals surface area contributed by atoms with Crippen LogP contribution in [0.3, 0.4) is 0 Å². The number of ether oxygens (including phenoxy) is 1. The van der Waals surface area contributed by atoms with Crippen molar-refractivity contribution in [1.82, 2.24) is 20.3 Å². The monoisotopic (exact) mass is 342 g/mol. The first-order valence-corrected chi connectivity index (χ1v) is 8.46. The Bertz CT molecular complexity index is 764. The molecule has 1 amide bonds. The fraction of sp³-hybridized carbons (Fsp3) is 0.444. The Labute approximate surface area is 146 Å². The van der Waals surface area contributed by atoms with Crippen molar-refractivity contribution in [3.63, 3.8) is 0 Å². The van der Waals surface area contributed by atoms with Crippen LogP contribution in [-0.4, -0.2) is 39.5 Å². The van der Waals surface area contributed by atoms with Crippen molar-refractivity contribution in [2.45, 2.75) is 44.6 Å². The summed E-state index contributed by atoms with van der Waals surface area (Å²) in [4.78, 5) is 26.5. The molecular formula is C18H22N4O3. The lowest BCUT2D eigenvalue weighted by molar-refractivity contribution is -0.149. The summed E-state index contributed by atoms with van der Waals surface area (Å²) in [5.74, 6) is -0.791. The molecule has 0 saturated heterocycles. The Morgan fingerprint density at radius 2 is 1.80 bits per heavy atom. The SMILES string of the molecule is COC(=O)C1(NC(=O)c2nn(-c3ccccc3)nc2C)CCCCC1. The number of carbonyl (C=O) groups excluding carboxylic acids is 2. The lowest BCUT2D eigenvalue weighted by Crippen LogP contribution is -2.56. The Morgan fingerprint density at radius 1 is 1.12 bits per heavy atom. The number of esters is 1. The molecule has 1 aliphatic rings. The molecule has 7 nitrogen and oxygen atoms in total. The van der Waals surface area contributed by atoms with E-state index in [2.05, 4.69) is 15.5 Å². The van der Waals surface area contributed by atoms with E-state index in [9.17, 15) is 9.59 Å². The standard InChI is InChI=1S/C18H22N4O3/c1-13-15(21-22(20-13)14-9-5-3-6-10-14)16(23)19-18(17(24)25-2)11-7-4-8-12-18/h3,5-6,9-10H,4,7-8,11-12H2,1-2H3,(H,19,23). The molecule has 1 N–H and O–H groups in total. The summed E-state index contributed by atoms with van der Waals surface area (Å²) in [5, 5.41) is 11.5. The maximum Gasteiger partial charge on any atom is 0.331 e. The first kappa shape index (κ1) is 17.1. The van der Waals surface area contributed by atoms with E-state index in [-0.39, 0.29) is 5.69 Å². The van der Waals surface area contributed by atoms with Crippen LogP contribution in [0.1, 0.15) is 48.3 Å². The van der Waals surface area contributed by atoms with Gasteiger partial charge in [0.1, 0.15) is 5.54 Å². The average molecular weight is 342 g/mol. The number of carbonyl (C=O) groups is 2. The number of nitrogens with zero attached hydrogens (tertiary/aromatic N) is 3. The highest BCUT2D eigenvalue weighted by molar-refractivity contribution is 5.97. The van der Waals surface area contributed by atoms with E-state index in [0.29, 0.717) is 18.5 Å². The van der Waals surface area contributed by atoms with Crippen molar-refractivity contribution in [3.8, 4) is 5.69 Å². The van der Waals surface area contributed by atoms with Gasteiger partial charge in [-0.2, -0.15) is 9.90 Å². The summed E-state index contributed by atoms with van der Waals surface area (Å²) in [6.45, 7) is 1.73. The topological polar surface area (TPSA) is 86.1 Å². The number of para-hydroxylation sites is 1. The minimum atomic E-state index is -0.965. The normalized spacial score (nSPS) is 16.2. The molecule has 0 spiro atoms. The van der Waals surface area contributed by atoms with Gasteiger partial charge >= 0.3 is 5.97 Å². The van der Waals surface area contributed by atoms with Crippen LogP contribution in [0.25, 0.3) is 5.69 Å². The number of rotatable bonds is 4. The highest BCUT2D eigenvalue weighted by Gasteiger charge is 2.42. The first-order valence-electron chi connectivity index (χ1n) is 8.46. The second-order valence-electron chi connectivity index (χ2n) is 6.35. The minimum absolute atomic E-state index is 0.220. The maximum atomic E-state index is 12.8. The van der Waals surface area contributed by atoms with Gasteiger partial charge in [-0.1, -0.05) is 37.5 Å². The number of hydrogen-bond acceptors (Lipinski definition) is 5. The van der Waals surface area contributed by atoms with Crippen LogP contribution < -0.4 is 5.32 Å². The number of methoxy groups -OCH3 is 1. The third-order valence-electron chi connectivity index (χ3n) is 4.62. The number of benzene rings is 1. The van der Waals surface area contributed by atoms with Crippen LogP contribution in [-0.2, 0) is 9.53 Å². The second kappa shape index (κ2) is 7.04. The molecule has 3 rings (SSSR count). The molecule has 2 aromatic rings. The molecule has 132 valence electrons. The number of nitrogens with one attached hydrogen (secondary N) is 1. The Balaban J connectivity index is 1.85. The zero-order chi connectivity index (χ0) is 17.9. The first-order chi connectivity index (χ1) is 12.1. The van der Waals surface area contributed by atoms with E-state index in [1.807, 2.05) is 30.3 Å². The van der Waals surface area contributed by atoms with Crippen molar-refractivity contribution in [2.75, 3.05) is 7.11 Å². The van der Waals surface area contributed by atoms with Crippen molar-refractivity contribution >= 4 is 11.9 Å². The Morgan fingerprint density at radius 3 is 2.44 bits per heavy atom. The summed E-state index contributed by atoms with van der Waals surface area (Å²) in [7, 11) is 1.35. The lowest BCUT2D eigenvalue weighted by Gasteiger charge is -2.34.